The molecule has 92 valence electrons. The number of halogens is 1. The first-order valence-corrected chi connectivity index (χ1v) is 6.44. The average molecular weight is 251 g/mol. The Morgan fingerprint density at radius 3 is 2.82 bits per heavy atom. The van der Waals surface area contributed by atoms with E-state index in [0.29, 0.717) is 11.4 Å². The van der Waals surface area contributed by atoms with Gasteiger partial charge in [0, 0.05) is 17.0 Å². The maximum Gasteiger partial charge on any atom is 0.163 e. The van der Waals surface area contributed by atoms with Crippen LogP contribution in [0, 0.1) is 6.92 Å². The van der Waals surface area contributed by atoms with Gasteiger partial charge in [-0.1, -0.05) is 36.2 Å². The van der Waals surface area contributed by atoms with Crippen LogP contribution in [-0.2, 0) is 0 Å². The summed E-state index contributed by atoms with van der Waals surface area (Å²) in [6, 6.07) is 5.51. The fourth-order valence-electron chi connectivity index (χ4n) is 1.80. The lowest BCUT2D eigenvalue weighted by Gasteiger charge is -2.06. The second-order valence-corrected chi connectivity index (χ2v) is 4.63. The molecule has 0 unspecified atom stereocenters. The number of hydrogen-bond acceptors (Lipinski definition) is 1. The molecule has 0 heterocycles. The van der Waals surface area contributed by atoms with Crippen LogP contribution in [-0.4, -0.2) is 5.78 Å². The molecule has 0 bridgehead atoms. The summed E-state index contributed by atoms with van der Waals surface area (Å²) in [5.74, 6) is 0.198. The monoisotopic (exact) mass is 250 g/mol. The van der Waals surface area contributed by atoms with Crippen molar-refractivity contribution in [2.45, 2.75) is 39.0 Å². The molecule has 0 aliphatic rings. The van der Waals surface area contributed by atoms with E-state index in [0.717, 1.165) is 36.8 Å². The van der Waals surface area contributed by atoms with Crippen molar-refractivity contribution in [3.05, 3.63) is 47.0 Å². The Bertz CT molecular complexity index is 396. The SMILES string of the molecule is C=CCCCCCC(=O)c1cccc(Cl)c1C. The third-order valence-corrected chi connectivity index (χ3v) is 3.29. The van der Waals surface area contributed by atoms with E-state index in [4.69, 9.17) is 11.6 Å². The Labute approximate surface area is 108 Å². The smallest absolute Gasteiger partial charge is 0.163 e. The first kappa shape index (κ1) is 14.0. The van der Waals surface area contributed by atoms with Crippen LogP contribution in [0.2, 0.25) is 5.02 Å². The lowest BCUT2D eigenvalue weighted by Crippen LogP contribution is -2.01. The van der Waals surface area contributed by atoms with Gasteiger partial charge in [-0.3, -0.25) is 4.79 Å². The maximum atomic E-state index is 12.0. The van der Waals surface area contributed by atoms with Crippen molar-refractivity contribution in [1.29, 1.82) is 0 Å². The van der Waals surface area contributed by atoms with Crippen LogP contribution in [0.3, 0.4) is 0 Å². The van der Waals surface area contributed by atoms with E-state index in [1.165, 1.54) is 0 Å². The molecule has 0 aliphatic heterocycles. The Balaban J connectivity index is 2.47. The van der Waals surface area contributed by atoms with Gasteiger partial charge in [0.2, 0.25) is 0 Å². The van der Waals surface area contributed by atoms with Crippen LogP contribution in [0.1, 0.15) is 48.0 Å². The summed E-state index contributed by atoms with van der Waals surface area (Å²) >= 11 is 6.00. The van der Waals surface area contributed by atoms with Crippen LogP contribution < -0.4 is 0 Å². The van der Waals surface area contributed by atoms with Gasteiger partial charge in [0.1, 0.15) is 0 Å². The summed E-state index contributed by atoms with van der Waals surface area (Å²) in [6.45, 7) is 5.58. The van der Waals surface area contributed by atoms with Crippen molar-refractivity contribution < 1.29 is 4.79 Å². The van der Waals surface area contributed by atoms with Gasteiger partial charge in [-0.2, -0.15) is 0 Å². The molecule has 0 amide bonds. The largest absolute Gasteiger partial charge is 0.294 e. The summed E-state index contributed by atoms with van der Waals surface area (Å²) < 4.78 is 0. The highest BCUT2D eigenvalue weighted by molar-refractivity contribution is 6.31. The van der Waals surface area contributed by atoms with E-state index in [1.54, 1.807) is 0 Å². The van der Waals surface area contributed by atoms with Crippen LogP contribution in [0.25, 0.3) is 0 Å². The van der Waals surface area contributed by atoms with Gasteiger partial charge in [-0.25, -0.2) is 0 Å². The normalized spacial score (nSPS) is 10.2. The molecular formula is C15H19ClO. The van der Waals surface area contributed by atoms with Gasteiger partial charge >= 0.3 is 0 Å². The van der Waals surface area contributed by atoms with E-state index < -0.39 is 0 Å². The number of unbranched alkanes of at least 4 members (excludes halogenated alkanes) is 3. The molecule has 0 aliphatic carbocycles. The van der Waals surface area contributed by atoms with E-state index in [-0.39, 0.29) is 5.78 Å². The summed E-state index contributed by atoms with van der Waals surface area (Å²) in [6.07, 6.45) is 6.70. The number of carbonyl (C=O) groups is 1. The first-order valence-electron chi connectivity index (χ1n) is 6.06. The minimum Gasteiger partial charge on any atom is -0.294 e. The molecule has 1 rings (SSSR count). The van der Waals surface area contributed by atoms with Crippen molar-refractivity contribution in [3.8, 4) is 0 Å². The number of ketones is 1. The van der Waals surface area contributed by atoms with Crippen molar-refractivity contribution in [2.75, 3.05) is 0 Å². The molecule has 0 aromatic heterocycles. The summed E-state index contributed by atoms with van der Waals surface area (Å²) in [4.78, 5) is 12.0. The fraction of sp³-hybridized carbons (Fsp3) is 0.400. The lowest BCUT2D eigenvalue weighted by molar-refractivity contribution is 0.0978. The molecule has 0 spiro atoms. The topological polar surface area (TPSA) is 17.1 Å². The van der Waals surface area contributed by atoms with Gasteiger partial charge in [0.25, 0.3) is 0 Å². The Morgan fingerprint density at radius 2 is 2.12 bits per heavy atom. The zero-order chi connectivity index (χ0) is 12.7. The molecule has 0 saturated carbocycles. The number of benzene rings is 1. The van der Waals surface area contributed by atoms with Gasteiger partial charge in [0.05, 0.1) is 0 Å². The quantitative estimate of drug-likeness (QED) is 0.379. The van der Waals surface area contributed by atoms with Crippen LogP contribution in [0.5, 0.6) is 0 Å². The minimum atomic E-state index is 0.198. The molecule has 1 aromatic rings. The molecule has 0 fully saturated rings. The number of rotatable bonds is 7. The van der Waals surface area contributed by atoms with Crippen LogP contribution in [0.15, 0.2) is 30.9 Å². The third-order valence-electron chi connectivity index (χ3n) is 2.88. The number of carbonyl (C=O) groups excluding carboxylic acids is 1. The van der Waals surface area contributed by atoms with Crippen LogP contribution >= 0.6 is 11.6 Å². The minimum absolute atomic E-state index is 0.198. The van der Waals surface area contributed by atoms with Gasteiger partial charge < -0.3 is 0 Å². The van der Waals surface area contributed by atoms with E-state index in [2.05, 4.69) is 6.58 Å². The number of Topliss-reactive ketones (excluding diaryl/α,β-unsaturated/α-hetero) is 1. The summed E-state index contributed by atoms with van der Waals surface area (Å²) in [5, 5.41) is 0.669. The summed E-state index contributed by atoms with van der Waals surface area (Å²) in [5.41, 5.74) is 1.66. The van der Waals surface area contributed by atoms with Crippen molar-refractivity contribution in [2.24, 2.45) is 0 Å². The molecule has 0 N–H and O–H groups in total. The highest BCUT2D eigenvalue weighted by Crippen LogP contribution is 2.20. The standard InChI is InChI=1S/C15H19ClO/c1-3-4-5-6-7-11-15(17)13-9-8-10-14(16)12(13)2/h3,8-10H,1,4-7,11H2,2H3. The zero-order valence-electron chi connectivity index (χ0n) is 10.3. The highest BCUT2D eigenvalue weighted by Gasteiger charge is 2.10. The highest BCUT2D eigenvalue weighted by atomic mass is 35.5. The van der Waals surface area contributed by atoms with Crippen molar-refractivity contribution in [3.63, 3.8) is 0 Å². The third kappa shape index (κ3) is 4.35. The number of hydrogen-bond donors (Lipinski definition) is 0. The van der Waals surface area contributed by atoms with Gasteiger partial charge in [-0.05, 0) is 37.8 Å². The molecule has 0 saturated heterocycles. The fourth-order valence-corrected chi connectivity index (χ4v) is 1.97. The van der Waals surface area contributed by atoms with Crippen molar-refractivity contribution >= 4 is 17.4 Å². The predicted molar refractivity (Wildman–Crippen MR) is 73.8 cm³/mol. The van der Waals surface area contributed by atoms with Crippen molar-refractivity contribution in [1.82, 2.24) is 0 Å². The average Bonchev–Trinajstić information content (AvgIpc) is 2.32. The molecule has 2 heteroatoms. The molecule has 1 aromatic carbocycles. The van der Waals surface area contributed by atoms with E-state index in [9.17, 15) is 4.79 Å². The summed E-state index contributed by atoms with van der Waals surface area (Å²) in [7, 11) is 0. The number of allylic oxidation sites excluding steroid dienone is 1. The first-order chi connectivity index (χ1) is 8.16. The van der Waals surface area contributed by atoms with Gasteiger partial charge in [0.15, 0.2) is 5.78 Å². The van der Waals surface area contributed by atoms with Crippen LogP contribution in [0.4, 0.5) is 0 Å². The second kappa shape index (κ2) is 7.29. The predicted octanol–water partition coefficient (Wildman–Crippen LogP) is 4.97. The van der Waals surface area contributed by atoms with Gasteiger partial charge in [-0.15, -0.1) is 6.58 Å². The maximum absolute atomic E-state index is 12.0. The molecular weight excluding hydrogens is 232 g/mol. The molecule has 1 nitrogen and oxygen atoms in total. The Hall–Kier alpha value is -1.08. The second-order valence-electron chi connectivity index (χ2n) is 4.22. The molecule has 0 radical (unpaired) electrons. The lowest BCUT2D eigenvalue weighted by atomic mass is 10.00. The zero-order valence-corrected chi connectivity index (χ0v) is 11.1. The molecule has 17 heavy (non-hydrogen) atoms. The molecule has 0 atom stereocenters. The Morgan fingerprint density at radius 1 is 1.35 bits per heavy atom. The van der Waals surface area contributed by atoms with E-state index >= 15 is 0 Å². The Kier molecular flexibility index (Phi) is 5.99. The van der Waals surface area contributed by atoms with E-state index in [1.807, 2.05) is 31.2 Å².